The van der Waals surface area contributed by atoms with Crippen molar-refractivity contribution in [2.24, 2.45) is 0 Å². The molecular weight excluding hydrogens is 214 g/mol. The van der Waals surface area contributed by atoms with E-state index in [2.05, 4.69) is 15.2 Å². The van der Waals surface area contributed by atoms with Gasteiger partial charge in [-0.25, -0.2) is 4.98 Å². The predicted molar refractivity (Wildman–Crippen MR) is 57.5 cm³/mol. The highest BCUT2D eigenvalue weighted by Gasteiger charge is 2.16. The Hall–Kier alpha value is -1.13. The van der Waals surface area contributed by atoms with Gasteiger partial charge in [0, 0.05) is 19.6 Å². The van der Waals surface area contributed by atoms with Crippen molar-refractivity contribution in [2.75, 3.05) is 19.6 Å². The molecule has 0 spiro atoms. The van der Waals surface area contributed by atoms with Crippen LogP contribution in [0.4, 0.5) is 0 Å². The van der Waals surface area contributed by atoms with Crippen LogP contribution in [0.15, 0.2) is 18.2 Å². The summed E-state index contributed by atoms with van der Waals surface area (Å²) in [5.41, 5.74) is 0.900. The number of carbonyl (C=O) groups is 1. The van der Waals surface area contributed by atoms with Gasteiger partial charge in [-0.15, -0.1) is 0 Å². The van der Waals surface area contributed by atoms with Crippen LogP contribution in [0, 0.1) is 0 Å². The zero-order valence-corrected chi connectivity index (χ0v) is 9.00. The Labute approximate surface area is 93.2 Å². The Bertz CT molecular complexity index is 369. The molecule has 1 aliphatic rings. The third-order valence-electron chi connectivity index (χ3n) is 2.28. The lowest BCUT2D eigenvalue weighted by Crippen LogP contribution is -2.47. The summed E-state index contributed by atoms with van der Waals surface area (Å²) in [6.07, 6.45) is 0. The SMILES string of the molecule is O=C1CN(Cc2cccc(Cl)n2)CCN1. The number of piperazine rings is 1. The number of amides is 1. The van der Waals surface area contributed by atoms with Crippen LogP contribution in [0.25, 0.3) is 0 Å². The second-order valence-corrected chi connectivity index (χ2v) is 3.90. The standard InChI is InChI=1S/C10H12ClN3O/c11-9-3-1-2-8(13-9)6-14-5-4-12-10(15)7-14/h1-3H,4-7H2,(H,12,15). The first-order valence-electron chi connectivity index (χ1n) is 4.84. The number of pyridine rings is 1. The van der Waals surface area contributed by atoms with Crippen molar-refractivity contribution in [3.63, 3.8) is 0 Å². The molecule has 0 aliphatic carbocycles. The molecule has 1 amide bonds. The zero-order chi connectivity index (χ0) is 10.7. The molecule has 1 aromatic heterocycles. The average molecular weight is 226 g/mol. The Balaban J connectivity index is 1.99. The minimum absolute atomic E-state index is 0.0725. The third-order valence-corrected chi connectivity index (χ3v) is 2.49. The molecule has 15 heavy (non-hydrogen) atoms. The maximum Gasteiger partial charge on any atom is 0.234 e. The first kappa shape index (κ1) is 10.4. The van der Waals surface area contributed by atoms with Crippen molar-refractivity contribution in [1.82, 2.24) is 15.2 Å². The minimum atomic E-state index is 0.0725. The van der Waals surface area contributed by atoms with Crippen molar-refractivity contribution in [3.05, 3.63) is 29.0 Å². The molecule has 2 heterocycles. The number of nitrogens with zero attached hydrogens (tertiary/aromatic N) is 2. The van der Waals surface area contributed by atoms with Crippen LogP contribution >= 0.6 is 11.6 Å². The van der Waals surface area contributed by atoms with Gasteiger partial charge in [0.15, 0.2) is 0 Å². The summed E-state index contributed by atoms with van der Waals surface area (Å²) in [4.78, 5) is 17.4. The summed E-state index contributed by atoms with van der Waals surface area (Å²) in [5, 5.41) is 3.28. The maximum atomic E-state index is 11.1. The molecule has 4 nitrogen and oxygen atoms in total. The molecule has 1 aromatic rings. The lowest BCUT2D eigenvalue weighted by atomic mass is 10.3. The highest BCUT2D eigenvalue weighted by molar-refractivity contribution is 6.29. The Kier molecular flexibility index (Phi) is 3.18. The summed E-state index contributed by atoms with van der Waals surface area (Å²) in [5.74, 6) is 0.0725. The average Bonchev–Trinajstić information content (AvgIpc) is 2.17. The molecule has 1 saturated heterocycles. The van der Waals surface area contributed by atoms with Crippen molar-refractivity contribution in [3.8, 4) is 0 Å². The second-order valence-electron chi connectivity index (χ2n) is 3.51. The van der Waals surface area contributed by atoms with Crippen LogP contribution in [-0.4, -0.2) is 35.4 Å². The third kappa shape index (κ3) is 2.91. The molecule has 0 unspecified atom stereocenters. The predicted octanol–water partition coefficient (Wildman–Crippen LogP) is 0.667. The van der Waals surface area contributed by atoms with E-state index in [-0.39, 0.29) is 5.91 Å². The number of hydrogen-bond acceptors (Lipinski definition) is 3. The minimum Gasteiger partial charge on any atom is -0.354 e. The van der Waals surface area contributed by atoms with Gasteiger partial charge >= 0.3 is 0 Å². The van der Waals surface area contributed by atoms with Crippen molar-refractivity contribution in [1.29, 1.82) is 0 Å². The molecule has 0 saturated carbocycles. The van der Waals surface area contributed by atoms with E-state index in [1.165, 1.54) is 0 Å². The largest absolute Gasteiger partial charge is 0.354 e. The first-order valence-corrected chi connectivity index (χ1v) is 5.22. The van der Waals surface area contributed by atoms with Gasteiger partial charge in [-0.1, -0.05) is 17.7 Å². The quantitative estimate of drug-likeness (QED) is 0.753. The van der Waals surface area contributed by atoms with Crippen LogP contribution in [0.1, 0.15) is 5.69 Å². The number of carbonyl (C=O) groups excluding carboxylic acids is 1. The van der Waals surface area contributed by atoms with Crippen molar-refractivity contribution >= 4 is 17.5 Å². The Morgan fingerprint density at radius 2 is 2.40 bits per heavy atom. The Morgan fingerprint density at radius 3 is 3.13 bits per heavy atom. The summed E-state index contributed by atoms with van der Waals surface area (Å²) < 4.78 is 0. The molecule has 5 heteroatoms. The van der Waals surface area contributed by atoms with Gasteiger partial charge in [0.05, 0.1) is 12.2 Å². The summed E-state index contributed by atoms with van der Waals surface area (Å²) in [6.45, 7) is 2.68. The van der Waals surface area contributed by atoms with Gasteiger partial charge in [-0.3, -0.25) is 9.69 Å². The van der Waals surface area contributed by atoms with Crippen LogP contribution in [0.3, 0.4) is 0 Å². The first-order chi connectivity index (χ1) is 7.24. The van der Waals surface area contributed by atoms with Crippen LogP contribution < -0.4 is 5.32 Å². The maximum absolute atomic E-state index is 11.1. The molecule has 1 aliphatic heterocycles. The van der Waals surface area contributed by atoms with E-state index < -0.39 is 0 Å². The van der Waals surface area contributed by atoms with Gasteiger partial charge in [0.1, 0.15) is 5.15 Å². The number of aromatic nitrogens is 1. The monoisotopic (exact) mass is 225 g/mol. The van der Waals surface area contributed by atoms with Crippen LogP contribution in [0.5, 0.6) is 0 Å². The number of hydrogen-bond donors (Lipinski definition) is 1. The number of nitrogens with one attached hydrogen (secondary N) is 1. The summed E-state index contributed by atoms with van der Waals surface area (Å²) >= 11 is 5.78. The van der Waals surface area contributed by atoms with E-state index in [0.717, 1.165) is 12.2 Å². The van der Waals surface area contributed by atoms with E-state index in [4.69, 9.17) is 11.6 Å². The smallest absolute Gasteiger partial charge is 0.234 e. The fourth-order valence-electron chi connectivity index (χ4n) is 1.59. The molecule has 0 aromatic carbocycles. The highest BCUT2D eigenvalue weighted by Crippen LogP contribution is 2.08. The number of rotatable bonds is 2. The summed E-state index contributed by atoms with van der Waals surface area (Å²) in [6, 6.07) is 5.53. The van der Waals surface area contributed by atoms with Crippen molar-refractivity contribution in [2.45, 2.75) is 6.54 Å². The zero-order valence-electron chi connectivity index (χ0n) is 8.24. The molecule has 0 radical (unpaired) electrons. The molecule has 80 valence electrons. The van der Waals surface area contributed by atoms with Crippen LogP contribution in [-0.2, 0) is 11.3 Å². The second kappa shape index (κ2) is 4.59. The number of halogens is 1. The molecule has 0 atom stereocenters. The van der Waals surface area contributed by atoms with Gasteiger partial charge in [0.2, 0.25) is 5.91 Å². The summed E-state index contributed by atoms with van der Waals surface area (Å²) in [7, 11) is 0. The molecule has 1 N–H and O–H groups in total. The van der Waals surface area contributed by atoms with Gasteiger partial charge in [-0.2, -0.15) is 0 Å². The fraction of sp³-hybridized carbons (Fsp3) is 0.400. The van der Waals surface area contributed by atoms with E-state index >= 15 is 0 Å². The molecular formula is C10H12ClN3O. The molecule has 1 fully saturated rings. The topological polar surface area (TPSA) is 45.2 Å². The van der Waals surface area contributed by atoms with E-state index in [1.807, 2.05) is 12.1 Å². The van der Waals surface area contributed by atoms with E-state index in [9.17, 15) is 4.79 Å². The fourth-order valence-corrected chi connectivity index (χ4v) is 1.78. The lowest BCUT2D eigenvalue weighted by molar-refractivity contribution is -0.124. The highest BCUT2D eigenvalue weighted by atomic mass is 35.5. The molecule has 2 rings (SSSR count). The van der Waals surface area contributed by atoms with Gasteiger partial charge in [0.25, 0.3) is 0 Å². The van der Waals surface area contributed by atoms with E-state index in [0.29, 0.717) is 24.8 Å². The van der Waals surface area contributed by atoms with Gasteiger partial charge < -0.3 is 5.32 Å². The van der Waals surface area contributed by atoms with Crippen LogP contribution in [0.2, 0.25) is 5.15 Å². The van der Waals surface area contributed by atoms with Crippen molar-refractivity contribution < 1.29 is 4.79 Å². The normalized spacial score (nSPS) is 17.5. The van der Waals surface area contributed by atoms with Gasteiger partial charge in [-0.05, 0) is 12.1 Å². The lowest BCUT2D eigenvalue weighted by Gasteiger charge is -2.25. The van der Waals surface area contributed by atoms with E-state index in [1.54, 1.807) is 6.07 Å². The Morgan fingerprint density at radius 1 is 1.53 bits per heavy atom. The molecule has 0 bridgehead atoms.